The van der Waals surface area contributed by atoms with Crippen LogP contribution in [0, 0.1) is 5.92 Å². The summed E-state index contributed by atoms with van der Waals surface area (Å²) in [6.07, 6.45) is -18.5. The fourth-order valence-electron chi connectivity index (χ4n) is 7.36. The highest BCUT2D eigenvalue weighted by molar-refractivity contribution is 7.90. The number of fused-ring (bicyclic) bond motifs is 2. The molecular formula is C35H52N8O20S. The van der Waals surface area contributed by atoms with Crippen LogP contribution in [0.3, 0.4) is 0 Å². The van der Waals surface area contributed by atoms with Gasteiger partial charge >= 0.3 is 0 Å². The standard InChI is InChI=1S/C35H52N8O20S/c1-11-9-43-25(26(11)50)33(57)41-31(55)19(48)7-15(36)29(53)38-22(12(2)44)34(58)42-10-14(45)6-16(42)30(54)40-24(32(56)39-23(35(43)59)18(47)8-21(37)49)28(52)27(51)13-3-4-17(46)20(5-13)61-64-63-62-60/h3-5,11-12,14-16,18-19,22-28,31,44-48,50-52,55,60H,6-10,36H2,1-2H3,(H2,37,49)(H,38,53)(H,39,56)(H,40,54)(H,41,57)/t11?,12?,14?,15-,16?,18?,19?,22?,23?,24?,25?,26?,27?,28?,31?/m0/s1. The Morgan fingerprint density at radius 1 is 0.859 bits per heavy atom. The highest BCUT2D eigenvalue weighted by Gasteiger charge is 2.50. The molecule has 0 aliphatic carbocycles. The van der Waals surface area contributed by atoms with Crippen molar-refractivity contribution in [1.82, 2.24) is 31.1 Å². The average Bonchev–Trinajstić information content (AvgIpc) is 3.77. The van der Waals surface area contributed by atoms with Crippen LogP contribution in [0.5, 0.6) is 11.5 Å². The van der Waals surface area contributed by atoms with Crippen LogP contribution in [0.2, 0.25) is 0 Å². The summed E-state index contributed by atoms with van der Waals surface area (Å²) >= 11 is -0.0235. The van der Waals surface area contributed by atoms with Crippen molar-refractivity contribution < 1.29 is 98.3 Å². The third-order valence-corrected chi connectivity index (χ3v) is 11.2. The summed E-state index contributed by atoms with van der Waals surface area (Å²) in [7, 11) is 0. The number of hydrogen-bond donors (Lipinski definition) is 16. The quantitative estimate of drug-likeness (QED) is 0.0424. The van der Waals surface area contributed by atoms with E-state index in [1.54, 1.807) is 0 Å². The van der Waals surface area contributed by atoms with E-state index >= 15 is 0 Å². The van der Waals surface area contributed by atoms with Gasteiger partial charge in [-0.3, -0.25) is 33.6 Å². The first-order valence-electron chi connectivity index (χ1n) is 19.4. The van der Waals surface area contributed by atoms with E-state index in [0.29, 0.717) is 9.80 Å². The molecule has 14 unspecified atom stereocenters. The number of carbonyl (C=O) groups excluding carboxylic acids is 7. The van der Waals surface area contributed by atoms with Gasteiger partial charge in [-0.1, -0.05) is 22.4 Å². The molecule has 29 heteroatoms. The van der Waals surface area contributed by atoms with Gasteiger partial charge < -0.3 is 92.7 Å². The van der Waals surface area contributed by atoms with Crippen LogP contribution in [-0.4, -0.2) is 195 Å². The lowest BCUT2D eigenvalue weighted by atomic mass is 9.96. The molecule has 64 heavy (non-hydrogen) atoms. The van der Waals surface area contributed by atoms with E-state index < -0.39 is 176 Å². The zero-order valence-electron chi connectivity index (χ0n) is 33.9. The molecule has 0 radical (unpaired) electrons. The second-order valence-corrected chi connectivity index (χ2v) is 16.0. The number of amides is 7. The van der Waals surface area contributed by atoms with Crippen LogP contribution in [-0.2, 0) is 42.9 Å². The number of phenols is 1. The molecule has 0 bridgehead atoms. The van der Waals surface area contributed by atoms with Crippen LogP contribution < -0.4 is 36.9 Å². The molecule has 3 heterocycles. The molecule has 1 aromatic rings. The topological polar surface area (TPSA) is 456 Å². The highest BCUT2D eigenvalue weighted by atomic mass is 32.2. The Labute approximate surface area is 366 Å². The Morgan fingerprint density at radius 3 is 2.11 bits per heavy atom. The molecule has 3 saturated heterocycles. The molecule has 7 amide bonds. The number of nitrogens with two attached hydrogens (primary N) is 2. The molecule has 3 aliphatic heterocycles. The van der Waals surface area contributed by atoms with Crippen molar-refractivity contribution in [2.75, 3.05) is 13.1 Å². The number of carbonyl (C=O) groups is 7. The molecule has 0 saturated carbocycles. The Bertz CT molecular complexity index is 1880. The number of nitrogens with one attached hydrogen (secondary N) is 4. The Kier molecular flexibility index (Phi) is 17.9. The van der Waals surface area contributed by atoms with Crippen molar-refractivity contribution >= 4 is 53.7 Å². The second kappa shape index (κ2) is 22.3. The number of benzene rings is 1. The minimum atomic E-state index is -2.50. The summed E-state index contributed by atoms with van der Waals surface area (Å²) in [5, 5.41) is 118. The highest BCUT2D eigenvalue weighted by Crippen LogP contribution is 2.34. The molecule has 0 spiro atoms. The first-order chi connectivity index (χ1) is 30.0. The molecule has 0 aromatic heterocycles. The second-order valence-electron chi connectivity index (χ2n) is 15.6. The number of hydrogen-bond acceptors (Lipinski definition) is 22. The van der Waals surface area contributed by atoms with Gasteiger partial charge in [-0.05, 0) is 24.6 Å². The molecule has 3 aliphatic rings. The van der Waals surface area contributed by atoms with Crippen molar-refractivity contribution in [3.63, 3.8) is 0 Å². The van der Waals surface area contributed by atoms with E-state index in [1.807, 2.05) is 5.32 Å². The number of phenolic OH excluding ortho intramolecular Hbond substituents is 1. The summed E-state index contributed by atoms with van der Waals surface area (Å²) in [4.78, 5) is 96.9. The van der Waals surface area contributed by atoms with Gasteiger partial charge in [0.05, 0.1) is 36.9 Å². The van der Waals surface area contributed by atoms with Crippen LogP contribution in [0.25, 0.3) is 0 Å². The summed E-state index contributed by atoms with van der Waals surface area (Å²) in [6.45, 7) is 1.38. The number of nitrogens with zero attached hydrogens (tertiary/aromatic N) is 2. The predicted octanol–water partition coefficient (Wildman–Crippen LogP) is -8.08. The van der Waals surface area contributed by atoms with Gasteiger partial charge in [0.25, 0.3) is 12.3 Å². The molecule has 358 valence electrons. The maximum atomic E-state index is 14.4. The Morgan fingerprint density at radius 2 is 1.48 bits per heavy atom. The third-order valence-electron chi connectivity index (χ3n) is 10.8. The molecule has 15 atom stereocenters. The minimum absolute atomic E-state index is 0.0235. The van der Waals surface area contributed by atoms with Gasteiger partial charge in [-0.25, -0.2) is 5.26 Å². The van der Waals surface area contributed by atoms with E-state index in [4.69, 9.17) is 20.9 Å². The molecule has 1 aromatic carbocycles. The minimum Gasteiger partial charge on any atom is -0.504 e. The maximum Gasteiger partial charge on any atom is 0.261 e. The van der Waals surface area contributed by atoms with Crippen molar-refractivity contribution in [1.29, 1.82) is 0 Å². The predicted molar refractivity (Wildman–Crippen MR) is 209 cm³/mol. The smallest absolute Gasteiger partial charge is 0.261 e. The molecule has 18 N–H and O–H groups in total. The number of aliphatic hydroxyl groups is 8. The zero-order valence-corrected chi connectivity index (χ0v) is 34.8. The maximum absolute atomic E-state index is 14.4. The number of aliphatic hydroxyl groups excluding tert-OH is 8. The van der Waals surface area contributed by atoms with Crippen molar-refractivity contribution in [3.8, 4) is 11.5 Å². The third kappa shape index (κ3) is 12.2. The lowest BCUT2D eigenvalue weighted by molar-refractivity contribution is -0.433. The van der Waals surface area contributed by atoms with Crippen LogP contribution in [0.15, 0.2) is 18.2 Å². The van der Waals surface area contributed by atoms with E-state index in [-0.39, 0.29) is 17.9 Å². The summed E-state index contributed by atoms with van der Waals surface area (Å²) in [5.74, 6) is -11.2. The number of rotatable bonds is 11. The zero-order chi connectivity index (χ0) is 47.9. The fraction of sp³-hybridized carbons (Fsp3) is 0.629. The van der Waals surface area contributed by atoms with Gasteiger partial charge in [-0.15, -0.1) is 0 Å². The first-order valence-corrected chi connectivity index (χ1v) is 20.1. The Hall–Kier alpha value is -5.02. The molecular weight excluding hydrogens is 884 g/mol. The van der Waals surface area contributed by atoms with Crippen LogP contribution in [0.4, 0.5) is 0 Å². The largest absolute Gasteiger partial charge is 0.504 e. The summed E-state index contributed by atoms with van der Waals surface area (Å²) in [6, 6.07) is -9.23. The fourth-order valence-corrected chi connectivity index (χ4v) is 7.61. The molecule has 3 fully saturated rings. The van der Waals surface area contributed by atoms with Gasteiger partial charge in [0.1, 0.15) is 48.5 Å². The lowest BCUT2D eigenvalue weighted by Gasteiger charge is -2.34. The first kappa shape index (κ1) is 51.6. The Balaban J connectivity index is 1.86. The van der Waals surface area contributed by atoms with Gasteiger partial charge in [0.2, 0.25) is 41.4 Å². The molecule has 4 rings (SSSR count). The van der Waals surface area contributed by atoms with E-state index in [1.165, 1.54) is 6.92 Å². The lowest BCUT2D eigenvalue weighted by Crippen LogP contribution is -2.64. The SMILES string of the molecule is CC(O)C1NC(=O)[C@@H](N)CC(O)C(O)NC(=O)C2C(O)C(C)CN2C(=O)C(C(O)CC(N)=O)NC(=O)C(C(O)C(O)c2ccc(O)c(OSOOO)c2)NC(=O)C2CC(O)CN2C1=O. The van der Waals surface area contributed by atoms with Crippen molar-refractivity contribution in [2.24, 2.45) is 17.4 Å². The van der Waals surface area contributed by atoms with E-state index in [9.17, 15) is 79.5 Å². The summed E-state index contributed by atoms with van der Waals surface area (Å²) in [5.41, 5.74) is 10.9. The van der Waals surface area contributed by atoms with E-state index in [2.05, 4.69) is 25.3 Å². The van der Waals surface area contributed by atoms with Crippen molar-refractivity contribution in [3.05, 3.63) is 23.8 Å². The van der Waals surface area contributed by atoms with Gasteiger partial charge in [-0.2, -0.15) is 0 Å². The summed E-state index contributed by atoms with van der Waals surface area (Å²) < 4.78 is 9.07. The van der Waals surface area contributed by atoms with Crippen LogP contribution >= 0.6 is 12.3 Å². The number of primary amides is 1. The van der Waals surface area contributed by atoms with Gasteiger partial charge in [0.15, 0.2) is 17.7 Å². The normalized spacial score (nSPS) is 32.2. The van der Waals surface area contributed by atoms with Crippen molar-refractivity contribution in [2.45, 2.75) is 118 Å². The molecule has 28 nitrogen and oxygen atoms in total. The van der Waals surface area contributed by atoms with Gasteiger partial charge in [0, 0.05) is 31.8 Å². The average molecular weight is 937 g/mol. The number of aromatic hydroxyl groups is 1. The monoisotopic (exact) mass is 936 g/mol. The van der Waals surface area contributed by atoms with E-state index in [0.717, 1.165) is 25.1 Å². The van der Waals surface area contributed by atoms with Crippen LogP contribution in [0.1, 0.15) is 44.8 Å².